The number of likely N-dealkylation sites (N-methyl/N-ethyl adjacent to an activating group) is 1. The molecule has 0 saturated carbocycles. The van der Waals surface area contributed by atoms with Gasteiger partial charge in [-0.2, -0.15) is 0 Å². The Kier molecular flexibility index (Phi) is 8.71. The van der Waals surface area contributed by atoms with Gasteiger partial charge >= 0.3 is 0 Å². The fourth-order valence-electron chi connectivity index (χ4n) is 3.30. The van der Waals surface area contributed by atoms with E-state index in [0.29, 0.717) is 29.0 Å². The Hall–Kier alpha value is -3.46. The van der Waals surface area contributed by atoms with Gasteiger partial charge in [0.1, 0.15) is 0 Å². The molecule has 172 valence electrons. The third-order valence-corrected chi connectivity index (χ3v) is 5.26. The van der Waals surface area contributed by atoms with Gasteiger partial charge in [-0.05, 0) is 44.3 Å². The van der Waals surface area contributed by atoms with E-state index in [2.05, 4.69) is 29.4 Å². The summed E-state index contributed by atoms with van der Waals surface area (Å²) in [5.41, 5.74) is 2.11. The molecular weight excluding hydrogens is 410 g/mol. The third kappa shape index (κ3) is 6.27. The highest BCUT2D eigenvalue weighted by Gasteiger charge is 2.18. The fraction of sp³-hybridized carbons (Fsp3) is 0.391. The number of anilines is 2. The minimum absolute atomic E-state index is 0.117. The molecule has 0 aliphatic carbocycles. The van der Waals surface area contributed by atoms with Crippen LogP contribution in [-0.2, 0) is 0 Å². The lowest BCUT2D eigenvalue weighted by atomic mass is 10.1. The lowest BCUT2D eigenvalue weighted by Gasteiger charge is -2.20. The number of aryl methyl sites for hydroxylation is 1. The molecule has 0 aliphatic heterocycles. The molecule has 0 aliphatic rings. The zero-order valence-corrected chi connectivity index (χ0v) is 19.3. The first-order chi connectivity index (χ1) is 15.2. The molecule has 0 saturated heterocycles. The van der Waals surface area contributed by atoms with Crippen LogP contribution in [0.25, 0.3) is 0 Å². The fourth-order valence-corrected chi connectivity index (χ4v) is 3.30. The summed E-state index contributed by atoms with van der Waals surface area (Å²) in [5, 5.41) is 16.8. The summed E-state index contributed by atoms with van der Waals surface area (Å²) >= 11 is 0. The molecule has 2 amide bonds. The summed E-state index contributed by atoms with van der Waals surface area (Å²) in [4.78, 5) is 40.2. The smallest absolute Gasteiger partial charge is 0.273 e. The zero-order chi connectivity index (χ0) is 23.8. The van der Waals surface area contributed by atoms with Crippen molar-refractivity contribution in [2.24, 2.45) is 0 Å². The number of carbonyl (C=O) groups excluding carboxylic acids is 2. The van der Waals surface area contributed by atoms with Gasteiger partial charge in [0, 0.05) is 55.8 Å². The van der Waals surface area contributed by atoms with Crippen molar-refractivity contribution in [1.29, 1.82) is 0 Å². The summed E-state index contributed by atoms with van der Waals surface area (Å²) in [6.45, 7) is 8.84. The zero-order valence-electron chi connectivity index (χ0n) is 19.3. The number of nitrogens with zero attached hydrogens (tertiary/aromatic N) is 3. The van der Waals surface area contributed by atoms with Crippen LogP contribution >= 0.6 is 0 Å². The topological polar surface area (TPSA) is 108 Å². The van der Waals surface area contributed by atoms with Crippen LogP contribution in [0.4, 0.5) is 17.1 Å². The highest BCUT2D eigenvalue weighted by molar-refractivity contribution is 6.06. The Balaban J connectivity index is 2.21. The van der Waals surface area contributed by atoms with Crippen LogP contribution in [0.2, 0.25) is 0 Å². The lowest BCUT2D eigenvalue weighted by Crippen LogP contribution is -2.35. The Morgan fingerprint density at radius 1 is 1.03 bits per heavy atom. The molecule has 0 aromatic heterocycles. The number of carbonyl (C=O) groups is 2. The van der Waals surface area contributed by atoms with Gasteiger partial charge in [-0.25, -0.2) is 0 Å². The van der Waals surface area contributed by atoms with Crippen molar-refractivity contribution in [3.63, 3.8) is 0 Å². The summed E-state index contributed by atoms with van der Waals surface area (Å²) in [6.07, 6.45) is 0. The van der Waals surface area contributed by atoms with Crippen LogP contribution in [0.15, 0.2) is 36.4 Å². The second-order valence-corrected chi connectivity index (χ2v) is 7.62. The molecule has 0 fully saturated rings. The van der Waals surface area contributed by atoms with Crippen LogP contribution in [0.1, 0.15) is 40.1 Å². The minimum Gasteiger partial charge on any atom is -0.377 e. The predicted molar refractivity (Wildman–Crippen MR) is 127 cm³/mol. The monoisotopic (exact) mass is 441 g/mol. The Bertz CT molecular complexity index is 986. The van der Waals surface area contributed by atoms with Gasteiger partial charge in [-0.15, -0.1) is 0 Å². The standard InChI is InChI=1S/C23H31N5O4/c1-6-27(7-2)13-12-24-23(30)19-15-18(10-11-20(19)26(4)5)25-22(29)17-9-8-16(3)21(14-17)28(31)32/h8-11,14-15H,6-7,12-13H2,1-5H3,(H,24,30)(H,25,29). The molecule has 2 aromatic rings. The van der Waals surface area contributed by atoms with Crippen LogP contribution in [0, 0.1) is 17.0 Å². The first kappa shape index (κ1) is 24.8. The first-order valence-corrected chi connectivity index (χ1v) is 10.6. The molecule has 2 N–H and O–H groups in total. The summed E-state index contributed by atoms with van der Waals surface area (Å²) in [5.74, 6) is -0.721. The number of nitrogens with one attached hydrogen (secondary N) is 2. The highest BCUT2D eigenvalue weighted by Crippen LogP contribution is 2.24. The maximum Gasteiger partial charge on any atom is 0.273 e. The molecule has 2 aromatic carbocycles. The van der Waals surface area contributed by atoms with E-state index in [-0.39, 0.29) is 17.2 Å². The van der Waals surface area contributed by atoms with E-state index in [1.54, 1.807) is 25.1 Å². The summed E-state index contributed by atoms with van der Waals surface area (Å²) in [7, 11) is 3.68. The van der Waals surface area contributed by atoms with E-state index in [9.17, 15) is 19.7 Å². The SMILES string of the molecule is CCN(CC)CCNC(=O)c1cc(NC(=O)c2ccc(C)c([N+](=O)[O-])c2)ccc1N(C)C. The number of rotatable bonds is 10. The van der Waals surface area contributed by atoms with E-state index in [1.165, 1.54) is 18.2 Å². The molecular formula is C23H31N5O4. The molecule has 0 bridgehead atoms. The van der Waals surface area contributed by atoms with Crippen molar-refractivity contribution >= 4 is 28.9 Å². The average Bonchev–Trinajstić information content (AvgIpc) is 2.76. The molecule has 0 radical (unpaired) electrons. The molecule has 2 rings (SSSR count). The van der Waals surface area contributed by atoms with Gasteiger partial charge in [0.15, 0.2) is 0 Å². The predicted octanol–water partition coefficient (Wildman–Crippen LogP) is 3.29. The van der Waals surface area contributed by atoms with Crippen molar-refractivity contribution in [2.75, 3.05) is 50.5 Å². The Morgan fingerprint density at radius 3 is 2.31 bits per heavy atom. The summed E-state index contributed by atoms with van der Waals surface area (Å²) < 4.78 is 0. The van der Waals surface area contributed by atoms with Gasteiger partial charge in [0.05, 0.1) is 10.5 Å². The molecule has 9 heteroatoms. The molecule has 0 heterocycles. The quantitative estimate of drug-likeness (QED) is 0.433. The van der Waals surface area contributed by atoms with Crippen molar-refractivity contribution in [1.82, 2.24) is 10.2 Å². The number of nitro benzene ring substituents is 1. The van der Waals surface area contributed by atoms with Crippen molar-refractivity contribution < 1.29 is 14.5 Å². The van der Waals surface area contributed by atoms with E-state index in [0.717, 1.165) is 19.6 Å². The second-order valence-electron chi connectivity index (χ2n) is 7.62. The Morgan fingerprint density at radius 2 is 1.72 bits per heavy atom. The summed E-state index contributed by atoms with van der Waals surface area (Å²) in [6, 6.07) is 9.39. The second kappa shape index (κ2) is 11.2. The number of benzene rings is 2. The van der Waals surface area contributed by atoms with Crippen molar-refractivity contribution in [2.45, 2.75) is 20.8 Å². The van der Waals surface area contributed by atoms with Gasteiger partial charge in [-0.3, -0.25) is 19.7 Å². The largest absolute Gasteiger partial charge is 0.377 e. The van der Waals surface area contributed by atoms with Gasteiger partial charge < -0.3 is 20.4 Å². The highest BCUT2D eigenvalue weighted by atomic mass is 16.6. The maximum atomic E-state index is 12.8. The van der Waals surface area contributed by atoms with Gasteiger partial charge in [0.2, 0.25) is 0 Å². The Labute approximate surface area is 188 Å². The van der Waals surface area contributed by atoms with Crippen LogP contribution in [0.5, 0.6) is 0 Å². The normalized spacial score (nSPS) is 10.7. The first-order valence-electron chi connectivity index (χ1n) is 10.6. The van der Waals surface area contributed by atoms with Crippen LogP contribution in [-0.4, -0.2) is 61.9 Å². The third-order valence-electron chi connectivity index (χ3n) is 5.26. The van der Waals surface area contributed by atoms with E-state index in [4.69, 9.17) is 0 Å². The van der Waals surface area contributed by atoms with E-state index < -0.39 is 10.8 Å². The molecule has 9 nitrogen and oxygen atoms in total. The number of hydrogen-bond acceptors (Lipinski definition) is 6. The van der Waals surface area contributed by atoms with E-state index in [1.807, 2.05) is 19.0 Å². The number of nitro groups is 1. The molecule has 0 atom stereocenters. The van der Waals surface area contributed by atoms with Crippen molar-refractivity contribution in [3.05, 3.63) is 63.2 Å². The van der Waals surface area contributed by atoms with Crippen LogP contribution < -0.4 is 15.5 Å². The van der Waals surface area contributed by atoms with E-state index >= 15 is 0 Å². The number of amides is 2. The molecule has 32 heavy (non-hydrogen) atoms. The minimum atomic E-state index is -0.515. The molecule has 0 spiro atoms. The number of hydrogen-bond donors (Lipinski definition) is 2. The van der Waals surface area contributed by atoms with Crippen LogP contribution in [0.3, 0.4) is 0 Å². The lowest BCUT2D eigenvalue weighted by molar-refractivity contribution is -0.385. The van der Waals surface area contributed by atoms with Gasteiger partial charge in [-0.1, -0.05) is 19.9 Å². The molecule has 0 unspecified atom stereocenters. The maximum absolute atomic E-state index is 12.8. The van der Waals surface area contributed by atoms with Gasteiger partial charge in [0.25, 0.3) is 17.5 Å². The van der Waals surface area contributed by atoms with Crippen molar-refractivity contribution in [3.8, 4) is 0 Å². The average molecular weight is 442 g/mol.